The number of carbonyl (C=O) groups is 2. The van der Waals surface area contributed by atoms with E-state index in [-0.39, 0.29) is 12.5 Å². The first kappa shape index (κ1) is 20.4. The smallest absolute Gasteiger partial charge is 0.343 e. The van der Waals surface area contributed by atoms with Crippen LogP contribution in [0.25, 0.3) is 0 Å². The molecule has 0 radical (unpaired) electrons. The van der Waals surface area contributed by atoms with Crippen molar-refractivity contribution in [2.45, 2.75) is 13.5 Å². The molecular weight excluding hydrogens is 394 g/mol. The standard InChI is InChI=1S/C21H20ClN3O4/c1-14-9-17(29-13-20(26)28-2)7-8-19(14)24-21(27)16-10-23-25(12-16)11-15-5-3-4-6-18(15)22/h3-10,12H,11,13H2,1-2H3,(H,24,27). The highest BCUT2D eigenvalue weighted by Gasteiger charge is 2.12. The number of nitrogens with one attached hydrogen (secondary N) is 1. The Kier molecular flexibility index (Phi) is 6.51. The Morgan fingerprint density at radius 3 is 2.72 bits per heavy atom. The second-order valence-corrected chi connectivity index (χ2v) is 6.72. The summed E-state index contributed by atoms with van der Waals surface area (Å²) in [6.45, 7) is 2.13. The number of nitrogens with zero attached hydrogens (tertiary/aromatic N) is 2. The first-order chi connectivity index (χ1) is 14.0. The number of rotatable bonds is 7. The van der Waals surface area contributed by atoms with Crippen LogP contribution in [0.1, 0.15) is 21.5 Å². The van der Waals surface area contributed by atoms with Gasteiger partial charge < -0.3 is 14.8 Å². The van der Waals surface area contributed by atoms with Gasteiger partial charge in [0.1, 0.15) is 5.75 Å². The van der Waals surface area contributed by atoms with E-state index in [0.29, 0.717) is 28.6 Å². The number of carbonyl (C=O) groups excluding carboxylic acids is 2. The first-order valence-electron chi connectivity index (χ1n) is 8.83. The van der Waals surface area contributed by atoms with E-state index >= 15 is 0 Å². The number of methoxy groups -OCH3 is 1. The highest BCUT2D eigenvalue weighted by molar-refractivity contribution is 6.31. The summed E-state index contributed by atoms with van der Waals surface area (Å²) in [5.74, 6) is -0.228. The van der Waals surface area contributed by atoms with E-state index in [1.54, 1.807) is 29.1 Å². The molecule has 1 N–H and O–H groups in total. The van der Waals surface area contributed by atoms with Crippen molar-refractivity contribution < 1.29 is 19.1 Å². The van der Waals surface area contributed by atoms with Crippen LogP contribution in [-0.4, -0.2) is 35.4 Å². The molecule has 0 saturated carbocycles. The Morgan fingerprint density at radius 1 is 1.21 bits per heavy atom. The van der Waals surface area contributed by atoms with Crippen molar-refractivity contribution in [2.24, 2.45) is 0 Å². The Balaban J connectivity index is 1.64. The Morgan fingerprint density at radius 2 is 2.00 bits per heavy atom. The summed E-state index contributed by atoms with van der Waals surface area (Å²) in [6.07, 6.45) is 3.18. The Bertz CT molecular complexity index is 1030. The average molecular weight is 414 g/mol. The summed E-state index contributed by atoms with van der Waals surface area (Å²) in [6, 6.07) is 12.6. The van der Waals surface area contributed by atoms with Crippen molar-refractivity contribution in [3.8, 4) is 5.75 Å². The molecule has 0 unspecified atom stereocenters. The van der Waals surface area contributed by atoms with E-state index in [4.69, 9.17) is 16.3 Å². The zero-order valence-electron chi connectivity index (χ0n) is 16.0. The predicted octanol–water partition coefficient (Wildman–Crippen LogP) is 3.70. The molecule has 150 valence electrons. The number of hydrogen-bond donors (Lipinski definition) is 1. The molecule has 8 heteroatoms. The van der Waals surface area contributed by atoms with Gasteiger partial charge in [0.2, 0.25) is 0 Å². The van der Waals surface area contributed by atoms with E-state index in [0.717, 1.165) is 11.1 Å². The van der Waals surface area contributed by atoms with Gasteiger partial charge >= 0.3 is 5.97 Å². The molecule has 7 nitrogen and oxygen atoms in total. The van der Waals surface area contributed by atoms with Crippen LogP contribution >= 0.6 is 11.6 Å². The Labute approximate surface area is 173 Å². The molecule has 0 spiro atoms. The lowest BCUT2D eigenvalue weighted by Gasteiger charge is -2.10. The van der Waals surface area contributed by atoms with Crippen molar-refractivity contribution in [1.29, 1.82) is 0 Å². The molecule has 0 atom stereocenters. The van der Waals surface area contributed by atoms with Crippen LogP contribution in [0.3, 0.4) is 0 Å². The van der Waals surface area contributed by atoms with E-state index in [1.807, 2.05) is 31.2 Å². The highest BCUT2D eigenvalue weighted by atomic mass is 35.5. The zero-order chi connectivity index (χ0) is 20.8. The van der Waals surface area contributed by atoms with Gasteiger partial charge in [0, 0.05) is 16.9 Å². The van der Waals surface area contributed by atoms with Crippen LogP contribution in [0, 0.1) is 6.92 Å². The molecule has 1 heterocycles. The minimum absolute atomic E-state index is 0.174. The van der Waals surface area contributed by atoms with Crippen molar-refractivity contribution in [3.05, 3.63) is 76.6 Å². The van der Waals surface area contributed by atoms with Gasteiger partial charge in [0.15, 0.2) is 6.61 Å². The summed E-state index contributed by atoms with van der Waals surface area (Å²) in [5, 5.41) is 7.74. The second-order valence-electron chi connectivity index (χ2n) is 6.31. The van der Waals surface area contributed by atoms with Gasteiger partial charge in [-0.15, -0.1) is 0 Å². The molecule has 0 aliphatic heterocycles. The van der Waals surface area contributed by atoms with Crippen LogP contribution in [-0.2, 0) is 16.1 Å². The zero-order valence-corrected chi connectivity index (χ0v) is 16.8. The maximum atomic E-state index is 12.6. The molecule has 3 rings (SSSR count). The molecule has 1 aromatic heterocycles. The quantitative estimate of drug-likeness (QED) is 0.597. The number of benzene rings is 2. The van der Waals surface area contributed by atoms with Crippen molar-refractivity contribution >= 4 is 29.2 Å². The van der Waals surface area contributed by atoms with Crippen LogP contribution in [0.4, 0.5) is 5.69 Å². The van der Waals surface area contributed by atoms with Gasteiger partial charge in [-0.3, -0.25) is 9.48 Å². The molecular formula is C21H20ClN3O4. The topological polar surface area (TPSA) is 82.4 Å². The van der Waals surface area contributed by atoms with Crippen LogP contribution < -0.4 is 10.1 Å². The summed E-state index contributed by atoms with van der Waals surface area (Å²) >= 11 is 6.17. The van der Waals surface area contributed by atoms with E-state index < -0.39 is 5.97 Å². The number of esters is 1. The van der Waals surface area contributed by atoms with E-state index in [1.165, 1.54) is 13.3 Å². The van der Waals surface area contributed by atoms with Crippen LogP contribution in [0.15, 0.2) is 54.9 Å². The van der Waals surface area contributed by atoms with Gasteiger partial charge in [-0.05, 0) is 42.3 Å². The molecule has 0 bridgehead atoms. The Hall–Kier alpha value is -3.32. The monoisotopic (exact) mass is 413 g/mol. The summed E-state index contributed by atoms with van der Waals surface area (Å²) < 4.78 is 11.5. The fourth-order valence-electron chi connectivity index (χ4n) is 2.63. The maximum Gasteiger partial charge on any atom is 0.343 e. The fraction of sp³-hybridized carbons (Fsp3) is 0.190. The SMILES string of the molecule is COC(=O)COc1ccc(NC(=O)c2cnn(Cc3ccccc3Cl)c2)c(C)c1. The molecule has 1 amide bonds. The number of aromatic nitrogens is 2. The van der Waals surface area contributed by atoms with Crippen molar-refractivity contribution in [1.82, 2.24) is 9.78 Å². The van der Waals surface area contributed by atoms with Gasteiger partial charge in [0.25, 0.3) is 5.91 Å². The third-order valence-corrected chi connectivity index (χ3v) is 4.58. The summed E-state index contributed by atoms with van der Waals surface area (Å²) in [7, 11) is 1.30. The molecule has 0 saturated heterocycles. The van der Waals surface area contributed by atoms with E-state index in [9.17, 15) is 9.59 Å². The lowest BCUT2D eigenvalue weighted by molar-refractivity contribution is -0.142. The first-order valence-corrected chi connectivity index (χ1v) is 9.21. The van der Waals surface area contributed by atoms with Crippen molar-refractivity contribution in [2.75, 3.05) is 19.0 Å². The second kappa shape index (κ2) is 9.25. The average Bonchev–Trinajstić information content (AvgIpc) is 3.18. The van der Waals surface area contributed by atoms with Crippen molar-refractivity contribution in [3.63, 3.8) is 0 Å². The number of aryl methyl sites for hydroxylation is 1. The number of anilines is 1. The largest absolute Gasteiger partial charge is 0.482 e. The number of amides is 1. The molecule has 0 aliphatic rings. The normalized spacial score (nSPS) is 10.4. The molecule has 2 aromatic carbocycles. The lowest BCUT2D eigenvalue weighted by atomic mass is 10.2. The third-order valence-electron chi connectivity index (χ3n) is 4.22. The third kappa shape index (κ3) is 5.36. The maximum absolute atomic E-state index is 12.6. The predicted molar refractivity (Wildman–Crippen MR) is 109 cm³/mol. The highest BCUT2D eigenvalue weighted by Crippen LogP contribution is 2.22. The molecule has 0 fully saturated rings. The fourth-order valence-corrected chi connectivity index (χ4v) is 2.83. The minimum Gasteiger partial charge on any atom is -0.482 e. The van der Waals surface area contributed by atoms with Gasteiger partial charge in [-0.2, -0.15) is 5.10 Å². The van der Waals surface area contributed by atoms with Crippen LogP contribution in [0.5, 0.6) is 5.75 Å². The number of ether oxygens (including phenoxy) is 2. The van der Waals surface area contributed by atoms with Gasteiger partial charge in [-0.25, -0.2) is 4.79 Å². The lowest BCUT2D eigenvalue weighted by Crippen LogP contribution is -2.14. The summed E-state index contributed by atoms with van der Waals surface area (Å²) in [4.78, 5) is 23.7. The van der Waals surface area contributed by atoms with E-state index in [2.05, 4.69) is 15.2 Å². The summed E-state index contributed by atoms with van der Waals surface area (Å²) in [5.41, 5.74) is 2.79. The van der Waals surface area contributed by atoms with Gasteiger partial charge in [0.05, 0.1) is 25.4 Å². The van der Waals surface area contributed by atoms with Gasteiger partial charge in [-0.1, -0.05) is 29.8 Å². The van der Waals surface area contributed by atoms with Crippen LogP contribution in [0.2, 0.25) is 5.02 Å². The molecule has 0 aliphatic carbocycles. The minimum atomic E-state index is -0.464. The molecule has 29 heavy (non-hydrogen) atoms. The molecule has 3 aromatic rings. The number of halogens is 1. The number of hydrogen-bond acceptors (Lipinski definition) is 5.